The van der Waals surface area contributed by atoms with Crippen LogP contribution in [0.3, 0.4) is 0 Å². The Kier molecular flexibility index (Phi) is 51.4. The normalized spacial score (nSPS) is 10.4. The van der Waals surface area contributed by atoms with E-state index in [2.05, 4.69) is 48.0 Å². The number of nitrogens with two attached hydrogens (primary N) is 1. The minimum Gasteiger partial charge on any atom is -1.00 e. The van der Waals surface area contributed by atoms with E-state index in [1.807, 2.05) is 26.0 Å². The first kappa shape index (κ1) is 70.3. The van der Waals surface area contributed by atoms with E-state index in [0.717, 1.165) is 49.8 Å². The molecule has 4 N–H and O–H groups in total. The van der Waals surface area contributed by atoms with Crippen LogP contribution in [-0.2, 0) is 29.8 Å². The maximum atomic E-state index is 11.9. The van der Waals surface area contributed by atoms with E-state index in [-0.39, 0.29) is 47.3 Å². The maximum Gasteiger partial charge on any atom is 1.00 e. The number of rotatable bonds is 16. The Hall–Kier alpha value is -2.70. The van der Waals surface area contributed by atoms with Gasteiger partial charge < -0.3 is 21.5 Å². The fraction of sp³-hybridized carbons (Fsp3) is 0.512. The van der Waals surface area contributed by atoms with E-state index >= 15 is 0 Å². The maximum absolute atomic E-state index is 11.9. The molecule has 0 unspecified atom stereocenters. The van der Waals surface area contributed by atoms with Gasteiger partial charge in [0, 0.05) is 26.0 Å². The van der Waals surface area contributed by atoms with Crippen molar-refractivity contribution in [3.63, 3.8) is 0 Å². The van der Waals surface area contributed by atoms with E-state index in [9.17, 15) is 66.1 Å². The van der Waals surface area contributed by atoms with Crippen molar-refractivity contribution >= 4 is 48.0 Å². The molecule has 2 rings (SSSR count). The number of allylic oxidation sites excluding steroid dienone is 3. The van der Waals surface area contributed by atoms with Crippen LogP contribution in [0.4, 0.5) is 35.1 Å². The zero-order valence-corrected chi connectivity index (χ0v) is 42.6. The summed E-state index contributed by atoms with van der Waals surface area (Å²) < 4.78 is 160. The molecule has 0 heterocycles. The monoisotopic (exact) mass is 1050 g/mol. The second kappa shape index (κ2) is 46.8. The Balaban J connectivity index is -0.000000102. The molecule has 0 spiro atoms. The SMILES string of the molecule is C=CCCCCBr.C=CCCCCN(C)C(=O)C(F)(F)F.C=CCCCC[NH2+]C.CNC(=O)C(F)(F)F.Cc1ccc(S(=O)(=O)O)cc1.Cc1ccc(S(=O)(=O)[O-])cc1.[2H]CF.[2H]CF.[H-].[Na+]. The number of hydrogen-bond donors (Lipinski definition) is 3. The molecule has 2 aromatic rings. The third-order valence-corrected chi connectivity index (χ3v) is 9.08. The van der Waals surface area contributed by atoms with Gasteiger partial charge in [-0.2, -0.15) is 34.8 Å². The van der Waals surface area contributed by atoms with Crippen LogP contribution in [-0.4, -0.2) is 109 Å². The van der Waals surface area contributed by atoms with Crippen molar-refractivity contribution in [2.45, 2.75) is 93.8 Å². The van der Waals surface area contributed by atoms with E-state index in [1.54, 1.807) is 30.3 Å². The van der Waals surface area contributed by atoms with Gasteiger partial charge >= 0.3 is 53.7 Å². The molecule has 0 saturated carbocycles. The number of hydrogen-bond acceptors (Lipinski definition) is 7. The number of alkyl halides is 9. The van der Waals surface area contributed by atoms with Crippen molar-refractivity contribution < 1.29 is 110 Å². The smallest absolute Gasteiger partial charge is 1.00 e. The minimum absolute atomic E-state index is 0. The van der Waals surface area contributed by atoms with Crippen LogP contribution in [0.5, 0.6) is 0 Å². The molecule has 2 amide bonds. The molecule has 0 aliphatic heterocycles. The summed E-state index contributed by atoms with van der Waals surface area (Å²) in [5.41, 5.74) is 1.88. The number of quaternary nitrogens is 1. The number of carbonyl (C=O) groups excluding carboxylic acids is 2. The molecule has 370 valence electrons. The Morgan fingerprint density at radius 1 is 0.797 bits per heavy atom. The number of unbranched alkanes of at least 4 members (excludes halogenated alkanes) is 6. The molecule has 0 radical (unpaired) electrons. The average molecular weight is 1050 g/mol. The molecule has 23 heteroatoms. The number of carbonyl (C=O) groups is 2. The van der Waals surface area contributed by atoms with Gasteiger partial charge in [0.2, 0.25) is 0 Å². The third-order valence-electron chi connectivity index (χ3n) is 6.80. The second-order valence-electron chi connectivity index (χ2n) is 12.1. The van der Waals surface area contributed by atoms with Gasteiger partial charge in [-0.25, -0.2) is 8.42 Å². The second-order valence-corrected chi connectivity index (χ2v) is 15.7. The van der Waals surface area contributed by atoms with E-state index in [0.29, 0.717) is 11.3 Å². The van der Waals surface area contributed by atoms with Crippen LogP contribution < -0.4 is 40.2 Å². The molecule has 0 aromatic heterocycles. The van der Waals surface area contributed by atoms with E-state index in [4.69, 9.17) is 7.29 Å². The van der Waals surface area contributed by atoms with Crippen molar-refractivity contribution in [3.8, 4) is 0 Å². The van der Waals surface area contributed by atoms with Crippen LogP contribution in [0, 0.1) is 13.8 Å². The van der Waals surface area contributed by atoms with Crippen LogP contribution in [0.1, 0.15) is 73.1 Å². The molecule has 64 heavy (non-hydrogen) atoms. The average Bonchev–Trinajstić information content (AvgIpc) is 3.21. The first-order valence-corrected chi connectivity index (χ1v) is 22.6. The molecule has 0 fully saturated rings. The third kappa shape index (κ3) is 51.9. The Labute approximate surface area is 410 Å². The fourth-order valence-corrected chi connectivity index (χ4v) is 4.88. The van der Waals surface area contributed by atoms with Gasteiger partial charge in [-0.15, -0.1) is 19.7 Å². The van der Waals surface area contributed by atoms with Gasteiger partial charge in [0.1, 0.15) is 10.1 Å². The molecule has 11 nitrogen and oxygen atoms in total. The molecule has 0 bridgehead atoms. The van der Waals surface area contributed by atoms with Gasteiger partial charge in [-0.1, -0.05) is 69.6 Å². The summed E-state index contributed by atoms with van der Waals surface area (Å²) in [5, 5.41) is 4.78. The molecule has 0 saturated heterocycles. The van der Waals surface area contributed by atoms with Crippen LogP contribution in [0.25, 0.3) is 0 Å². The summed E-state index contributed by atoms with van der Waals surface area (Å²) in [6.07, 6.45) is 5.71. The Morgan fingerprint density at radius 2 is 1.16 bits per heavy atom. The van der Waals surface area contributed by atoms with Gasteiger partial charge in [0.25, 0.3) is 10.1 Å². The number of halogens is 9. The molecule has 0 atom stereocenters. The summed E-state index contributed by atoms with van der Waals surface area (Å²) in [6.45, 7) is 15.8. The van der Waals surface area contributed by atoms with Crippen molar-refractivity contribution in [2.75, 3.05) is 53.9 Å². The van der Waals surface area contributed by atoms with Crippen molar-refractivity contribution in [2.24, 2.45) is 0 Å². The molecular weight excluding hydrogens is 981 g/mol. The summed E-state index contributed by atoms with van der Waals surface area (Å²) in [6, 6.07) is 11.8. The van der Waals surface area contributed by atoms with Crippen LogP contribution in [0.2, 0.25) is 0 Å². The first-order chi connectivity index (χ1) is 30.0. The summed E-state index contributed by atoms with van der Waals surface area (Å²) >= 11 is 3.35. The fourth-order valence-electron chi connectivity index (χ4n) is 3.53. The van der Waals surface area contributed by atoms with Crippen molar-refractivity contribution in [3.05, 3.63) is 97.6 Å². The Bertz CT molecular complexity index is 1650. The summed E-state index contributed by atoms with van der Waals surface area (Å²) in [4.78, 5) is 20.7. The van der Waals surface area contributed by atoms with Gasteiger partial charge in [0.15, 0.2) is 0 Å². The number of aryl methyl sites for hydroxylation is 2. The van der Waals surface area contributed by atoms with E-state index < -0.39 is 58.7 Å². The predicted octanol–water partition coefficient (Wildman–Crippen LogP) is 6.36. The van der Waals surface area contributed by atoms with Crippen molar-refractivity contribution in [1.82, 2.24) is 10.2 Å². The number of nitrogens with one attached hydrogen (secondary N) is 1. The largest absolute Gasteiger partial charge is 1.00 e. The topological polar surface area (TPSA) is 178 Å². The van der Waals surface area contributed by atoms with Crippen LogP contribution >= 0.6 is 15.9 Å². The van der Waals surface area contributed by atoms with Gasteiger partial charge in [-0.05, 0) is 95.9 Å². The Morgan fingerprint density at radius 3 is 1.42 bits per heavy atom. The van der Waals surface area contributed by atoms with Crippen molar-refractivity contribution in [1.29, 1.82) is 0 Å². The molecule has 0 aliphatic rings. The predicted molar refractivity (Wildman–Crippen MR) is 238 cm³/mol. The standard InChI is InChI=1S/C9H14F3NO.C7H15N.2C7H8O3S.C6H11Br.C3H4F3NO.2CH3F.Na.H/c1-3-4-5-6-7-13(2)8(14)9(10,11)12;1-3-4-5-6-7-8-2;2*1-6-2-4-7(5-3-6)11(8,9)10;1-2-3-4-5-6-7;1-7-2(8)3(4,5)6;2*1-2;;/h3H,1,4-7H2,2H3;3,8H,1,4-7H2,2H3;2*2-5H,1H3,(H,8,9,10);2H,1,3-6H2;1H3,(H,7,8);2*1H3;;/q;;;;;;;;+1;-1/i;;;;;;2*1D;;. The molecule has 2 aromatic carbocycles. The zero-order chi connectivity index (χ0) is 52.1. The van der Waals surface area contributed by atoms with Gasteiger partial charge in [0.05, 0.1) is 40.4 Å². The number of benzene rings is 2. The quantitative estimate of drug-likeness (QED) is 0.0435. The molecular formula is C41H67BrF8N3NaO8S2. The minimum atomic E-state index is -4.76. The van der Waals surface area contributed by atoms with Gasteiger partial charge in [-0.3, -0.25) is 22.9 Å². The number of amides is 2. The van der Waals surface area contributed by atoms with E-state index in [1.165, 1.54) is 68.2 Å². The summed E-state index contributed by atoms with van der Waals surface area (Å²) in [5.74, 6) is -3.70. The summed E-state index contributed by atoms with van der Waals surface area (Å²) in [7, 11) is -6.10. The van der Waals surface area contributed by atoms with Crippen LogP contribution in [0.15, 0.2) is 96.3 Å². The molecule has 0 aliphatic carbocycles. The first-order valence-electron chi connectivity index (χ1n) is 20.0. The number of nitrogens with zero attached hydrogens (tertiary/aromatic N) is 1. The zero-order valence-electron chi connectivity index (χ0n) is 40.4.